The molecule has 4 heterocycles. The lowest BCUT2D eigenvalue weighted by molar-refractivity contribution is 0.00698. The third-order valence-corrected chi connectivity index (χ3v) is 4.28. The Hall–Kier alpha value is -3.00. The van der Waals surface area contributed by atoms with Crippen molar-refractivity contribution in [2.75, 3.05) is 6.54 Å². The SMILES string of the molecule is Cc1cc(C(=O)N2Cc3ccnn3CC(OCc3ccccn3)C2)on1. The summed E-state index contributed by atoms with van der Waals surface area (Å²) in [6.45, 7) is 3.63. The van der Waals surface area contributed by atoms with Crippen LogP contribution in [0.3, 0.4) is 0 Å². The average molecular weight is 353 g/mol. The highest BCUT2D eigenvalue weighted by Gasteiger charge is 2.28. The predicted molar refractivity (Wildman–Crippen MR) is 91.0 cm³/mol. The van der Waals surface area contributed by atoms with E-state index in [0.29, 0.717) is 31.9 Å². The van der Waals surface area contributed by atoms with Gasteiger partial charge in [-0.1, -0.05) is 11.2 Å². The number of hydrogen-bond donors (Lipinski definition) is 0. The highest BCUT2D eigenvalue weighted by atomic mass is 16.5. The molecule has 26 heavy (non-hydrogen) atoms. The highest BCUT2D eigenvalue weighted by molar-refractivity contribution is 5.91. The molecule has 0 bridgehead atoms. The number of fused-ring (bicyclic) bond motifs is 1. The van der Waals surface area contributed by atoms with E-state index in [4.69, 9.17) is 9.26 Å². The molecule has 0 N–H and O–H groups in total. The van der Waals surface area contributed by atoms with Crippen molar-refractivity contribution < 1.29 is 14.1 Å². The number of aryl methyl sites for hydroxylation is 1. The molecule has 0 spiro atoms. The van der Waals surface area contributed by atoms with Gasteiger partial charge < -0.3 is 14.2 Å². The molecule has 1 atom stereocenters. The molecule has 1 aliphatic rings. The molecule has 1 amide bonds. The fraction of sp³-hybridized carbons (Fsp3) is 0.333. The van der Waals surface area contributed by atoms with E-state index in [9.17, 15) is 4.79 Å². The Balaban J connectivity index is 1.52. The third kappa shape index (κ3) is 3.50. The second-order valence-electron chi connectivity index (χ2n) is 6.28. The van der Waals surface area contributed by atoms with Gasteiger partial charge in [0.05, 0.1) is 42.9 Å². The Morgan fingerprint density at radius 3 is 3.00 bits per heavy atom. The van der Waals surface area contributed by atoms with E-state index in [2.05, 4.69) is 15.2 Å². The van der Waals surface area contributed by atoms with E-state index < -0.39 is 0 Å². The number of carbonyl (C=O) groups is 1. The standard InChI is InChI=1S/C18H19N5O3/c1-13-8-17(26-21-13)18(24)22-9-15-5-7-20-23(15)11-16(10-22)25-12-14-4-2-3-6-19-14/h2-8,16H,9-12H2,1H3. The number of pyridine rings is 1. The monoisotopic (exact) mass is 353 g/mol. The Labute approximate surface area is 150 Å². The summed E-state index contributed by atoms with van der Waals surface area (Å²) in [6, 6.07) is 9.26. The molecule has 0 saturated carbocycles. The fourth-order valence-electron chi connectivity index (χ4n) is 2.98. The molecule has 0 radical (unpaired) electrons. The molecule has 3 aromatic heterocycles. The van der Waals surface area contributed by atoms with Gasteiger partial charge in [-0.15, -0.1) is 0 Å². The largest absolute Gasteiger partial charge is 0.368 e. The summed E-state index contributed by atoms with van der Waals surface area (Å²) in [5.41, 5.74) is 2.48. The van der Waals surface area contributed by atoms with Crippen molar-refractivity contribution in [1.29, 1.82) is 0 Å². The van der Waals surface area contributed by atoms with Gasteiger partial charge in [-0.2, -0.15) is 5.10 Å². The van der Waals surface area contributed by atoms with Crippen LogP contribution in [0.1, 0.15) is 27.6 Å². The van der Waals surface area contributed by atoms with Crippen LogP contribution in [0, 0.1) is 6.92 Å². The van der Waals surface area contributed by atoms with Crippen molar-refractivity contribution in [1.82, 2.24) is 24.8 Å². The van der Waals surface area contributed by atoms with Gasteiger partial charge in [0, 0.05) is 25.0 Å². The molecule has 1 aliphatic heterocycles. The van der Waals surface area contributed by atoms with E-state index in [1.165, 1.54) is 0 Å². The van der Waals surface area contributed by atoms with Crippen molar-refractivity contribution in [2.24, 2.45) is 0 Å². The molecule has 0 fully saturated rings. The zero-order chi connectivity index (χ0) is 17.9. The Morgan fingerprint density at radius 1 is 1.31 bits per heavy atom. The van der Waals surface area contributed by atoms with E-state index >= 15 is 0 Å². The molecular formula is C18H19N5O3. The maximum absolute atomic E-state index is 12.8. The van der Waals surface area contributed by atoms with Crippen molar-refractivity contribution >= 4 is 5.91 Å². The molecule has 134 valence electrons. The normalized spacial score (nSPS) is 17.0. The van der Waals surface area contributed by atoms with Crippen molar-refractivity contribution in [2.45, 2.75) is 32.7 Å². The van der Waals surface area contributed by atoms with Crippen LogP contribution < -0.4 is 0 Å². The summed E-state index contributed by atoms with van der Waals surface area (Å²) >= 11 is 0. The maximum atomic E-state index is 12.8. The number of nitrogens with zero attached hydrogens (tertiary/aromatic N) is 5. The number of carbonyl (C=O) groups excluding carboxylic acids is 1. The fourth-order valence-corrected chi connectivity index (χ4v) is 2.98. The summed E-state index contributed by atoms with van der Waals surface area (Å²) < 4.78 is 13.0. The number of rotatable bonds is 4. The van der Waals surface area contributed by atoms with Crippen LogP contribution in [0.5, 0.6) is 0 Å². The summed E-state index contributed by atoms with van der Waals surface area (Å²) in [4.78, 5) is 18.8. The van der Waals surface area contributed by atoms with Crippen LogP contribution in [0.2, 0.25) is 0 Å². The van der Waals surface area contributed by atoms with Crippen LogP contribution in [-0.2, 0) is 24.4 Å². The van der Waals surface area contributed by atoms with Crippen LogP contribution in [0.4, 0.5) is 0 Å². The molecule has 3 aromatic rings. The summed E-state index contributed by atoms with van der Waals surface area (Å²) in [7, 11) is 0. The number of ether oxygens (including phenoxy) is 1. The smallest absolute Gasteiger partial charge is 0.292 e. The van der Waals surface area contributed by atoms with Gasteiger partial charge in [-0.3, -0.25) is 14.5 Å². The minimum Gasteiger partial charge on any atom is -0.368 e. The van der Waals surface area contributed by atoms with Crippen LogP contribution >= 0.6 is 0 Å². The Morgan fingerprint density at radius 2 is 2.23 bits per heavy atom. The minimum atomic E-state index is -0.203. The zero-order valence-electron chi connectivity index (χ0n) is 14.4. The van der Waals surface area contributed by atoms with E-state index in [-0.39, 0.29) is 17.8 Å². The first-order valence-corrected chi connectivity index (χ1v) is 8.44. The minimum absolute atomic E-state index is 0.202. The Kier molecular flexibility index (Phi) is 4.49. The lowest BCUT2D eigenvalue weighted by Gasteiger charge is -2.23. The quantitative estimate of drug-likeness (QED) is 0.711. The first-order valence-electron chi connectivity index (χ1n) is 8.44. The topological polar surface area (TPSA) is 86.3 Å². The molecular weight excluding hydrogens is 334 g/mol. The predicted octanol–water partition coefficient (Wildman–Crippen LogP) is 1.82. The van der Waals surface area contributed by atoms with E-state index in [1.807, 2.05) is 28.9 Å². The van der Waals surface area contributed by atoms with Gasteiger partial charge in [-0.25, -0.2) is 0 Å². The Bertz CT molecular complexity index is 889. The average Bonchev–Trinajstić information content (AvgIpc) is 3.24. The first kappa shape index (κ1) is 16.5. The lowest BCUT2D eigenvalue weighted by Crippen LogP contribution is -2.37. The maximum Gasteiger partial charge on any atom is 0.292 e. The van der Waals surface area contributed by atoms with E-state index in [1.54, 1.807) is 30.3 Å². The van der Waals surface area contributed by atoms with Gasteiger partial charge in [-0.05, 0) is 25.1 Å². The summed E-state index contributed by atoms with van der Waals surface area (Å²) in [5, 5.41) is 8.15. The van der Waals surface area contributed by atoms with Crippen molar-refractivity contribution in [3.05, 3.63) is 65.6 Å². The number of aromatic nitrogens is 4. The highest BCUT2D eigenvalue weighted by Crippen LogP contribution is 2.18. The zero-order valence-corrected chi connectivity index (χ0v) is 14.4. The number of amides is 1. The van der Waals surface area contributed by atoms with Crippen molar-refractivity contribution in [3.8, 4) is 0 Å². The van der Waals surface area contributed by atoms with Gasteiger partial charge in [0.2, 0.25) is 5.76 Å². The number of hydrogen-bond acceptors (Lipinski definition) is 6. The molecule has 4 rings (SSSR count). The second-order valence-corrected chi connectivity index (χ2v) is 6.28. The third-order valence-electron chi connectivity index (χ3n) is 4.28. The molecule has 0 aliphatic carbocycles. The second kappa shape index (κ2) is 7.09. The van der Waals surface area contributed by atoms with Gasteiger partial charge in [0.15, 0.2) is 0 Å². The van der Waals surface area contributed by atoms with Gasteiger partial charge in [0.1, 0.15) is 0 Å². The first-order chi connectivity index (χ1) is 12.7. The molecule has 1 unspecified atom stereocenters. The van der Waals surface area contributed by atoms with Crippen molar-refractivity contribution in [3.63, 3.8) is 0 Å². The molecule has 0 saturated heterocycles. The summed E-state index contributed by atoms with van der Waals surface area (Å²) in [5.74, 6) is 0.0330. The molecule has 8 heteroatoms. The van der Waals surface area contributed by atoms with Crippen LogP contribution in [0.15, 0.2) is 47.2 Å². The van der Waals surface area contributed by atoms with Crippen LogP contribution in [-0.4, -0.2) is 43.4 Å². The van der Waals surface area contributed by atoms with E-state index in [0.717, 1.165) is 11.4 Å². The lowest BCUT2D eigenvalue weighted by atomic mass is 10.2. The summed E-state index contributed by atoms with van der Waals surface area (Å²) in [6.07, 6.45) is 3.27. The van der Waals surface area contributed by atoms with Gasteiger partial charge >= 0.3 is 0 Å². The van der Waals surface area contributed by atoms with Crippen LogP contribution in [0.25, 0.3) is 0 Å². The van der Waals surface area contributed by atoms with Gasteiger partial charge in [0.25, 0.3) is 5.91 Å². The molecule has 8 nitrogen and oxygen atoms in total. The molecule has 0 aromatic carbocycles.